The zero-order valence-electron chi connectivity index (χ0n) is 11.5. The Bertz CT molecular complexity index is 620. The lowest BCUT2D eigenvalue weighted by atomic mass is 9.95. The maximum absolute atomic E-state index is 11.3. The first kappa shape index (κ1) is 12.4. The van der Waals surface area contributed by atoms with Gasteiger partial charge in [0.05, 0.1) is 0 Å². The molecule has 1 fully saturated rings. The topological polar surface area (TPSA) is 53.4 Å². The molecule has 0 atom stereocenters. The number of H-pyrrole nitrogens is 1. The first-order chi connectivity index (χ1) is 9.15. The maximum atomic E-state index is 11.3. The predicted molar refractivity (Wildman–Crippen MR) is 74.5 cm³/mol. The average molecular weight is 260 g/mol. The van der Waals surface area contributed by atoms with Gasteiger partial charge in [-0.15, -0.1) is 0 Å². The predicted octanol–water partition coefficient (Wildman–Crippen LogP) is 1.61. The molecule has 0 saturated carbocycles. The van der Waals surface area contributed by atoms with E-state index in [-0.39, 0.29) is 5.43 Å². The number of hydrogen-bond donors (Lipinski definition) is 1. The Morgan fingerprint density at radius 2 is 2.11 bits per heavy atom. The molecule has 1 saturated heterocycles. The minimum Gasteiger partial charge on any atom is -0.301 e. The summed E-state index contributed by atoms with van der Waals surface area (Å²) in [6, 6.07) is 3.81. The second-order valence-electron chi connectivity index (χ2n) is 5.60. The molecule has 0 bridgehead atoms. The van der Waals surface area contributed by atoms with E-state index in [4.69, 9.17) is 0 Å². The zero-order chi connectivity index (χ0) is 13.4. The van der Waals surface area contributed by atoms with Crippen LogP contribution in [0.15, 0.2) is 23.1 Å². The molecule has 3 rings (SSSR count). The number of fused-ring (bicyclic) bond motifs is 1. The number of nitrogens with zero attached hydrogens (tertiary/aromatic N) is 3. The lowest BCUT2D eigenvalue weighted by Crippen LogP contribution is -2.38. The molecule has 102 valence electrons. The number of aromatic amines is 1. The highest BCUT2D eigenvalue weighted by Crippen LogP contribution is 2.27. The van der Waals surface area contributed by atoms with Gasteiger partial charge < -0.3 is 4.90 Å². The maximum Gasteiger partial charge on any atom is 0.183 e. The Morgan fingerprint density at radius 3 is 2.79 bits per heavy atom. The van der Waals surface area contributed by atoms with Gasteiger partial charge in [-0.2, -0.15) is 5.10 Å². The minimum absolute atomic E-state index is 0.0184. The fourth-order valence-electron chi connectivity index (χ4n) is 2.90. The fourth-order valence-corrected chi connectivity index (χ4v) is 2.90. The van der Waals surface area contributed by atoms with Crippen molar-refractivity contribution in [1.29, 1.82) is 0 Å². The van der Waals surface area contributed by atoms with Crippen molar-refractivity contribution in [1.82, 2.24) is 19.5 Å². The number of aromatic nitrogens is 3. The Kier molecular flexibility index (Phi) is 3.14. The van der Waals surface area contributed by atoms with Crippen LogP contribution in [-0.4, -0.2) is 38.6 Å². The van der Waals surface area contributed by atoms with E-state index in [0.29, 0.717) is 12.0 Å². The second-order valence-corrected chi connectivity index (χ2v) is 5.60. The smallest absolute Gasteiger partial charge is 0.183 e. The molecule has 0 aromatic carbocycles. The molecule has 1 aliphatic heterocycles. The molecule has 0 aliphatic carbocycles. The van der Waals surface area contributed by atoms with E-state index in [2.05, 4.69) is 28.9 Å². The third kappa shape index (κ3) is 2.30. The molecule has 5 heteroatoms. The van der Waals surface area contributed by atoms with E-state index in [1.807, 2.05) is 10.6 Å². The lowest BCUT2D eigenvalue weighted by Gasteiger charge is -2.33. The van der Waals surface area contributed by atoms with Crippen LogP contribution in [-0.2, 0) is 0 Å². The fraction of sp³-hybridized carbons (Fsp3) is 0.571. The molecule has 3 heterocycles. The number of nitrogens with one attached hydrogen (secondary N) is 1. The van der Waals surface area contributed by atoms with Gasteiger partial charge in [0.2, 0.25) is 0 Å². The van der Waals surface area contributed by atoms with E-state index in [0.717, 1.165) is 37.4 Å². The zero-order valence-corrected chi connectivity index (χ0v) is 11.5. The monoisotopic (exact) mass is 260 g/mol. The number of likely N-dealkylation sites (tertiary alicyclic amines) is 1. The van der Waals surface area contributed by atoms with E-state index in [1.165, 1.54) is 0 Å². The Morgan fingerprint density at radius 1 is 1.37 bits per heavy atom. The van der Waals surface area contributed by atoms with Crippen molar-refractivity contribution < 1.29 is 0 Å². The van der Waals surface area contributed by atoms with Gasteiger partial charge in [0.25, 0.3) is 0 Å². The van der Waals surface area contributed by atoms with Crippen LogP contribution in [0.3, 0.4) is 0 Å². The van der Waals surface area contributed by atoms with E-state index in [9.17, 15) is 4.79 Å². The van der Waals surface area contributed by atoms with Crippen LogP contribution in [0.2, 0.25) is 0 Å². The van der Waals surface area contributed by atoms with Crippen LogP contribution in [0.1, 0.15) is 38.4 Å². The minimum atomic E-state index is 0.0184. The van der Waals surface area contributed by atoms with Crippen molar-refractivity contribution in [3.8, 4) is 0 Å². The Labute approximate surface area is 112 Å². The third-order valence-corrected chi connectivity index (χ3v) is 4.08. The highest BCUT2D eigenvalue weighted by atomic mass is 16.1. The molecule has 0 unspecified atom stereocenters. The molecular formula is C14H20N4O. The summed E-state index contributed by atoms with van der Waals surface area (Å²) in [4.78, 5) is 13.8. The largest absolute Gasteiger partial charge is 0.301 e. The number of piperidine rings is 1. The number of pyridine rings is 1. The van der Waals surface area contributed by atoms with Crippen molar-refractivity contribution in [2.24, 2.45) is 0 Å². The van der Waals surface area contributed by atoms with Crippen molar-refractivity contribution in [2.45, 2.75) is 38.6 Å². The number of rotatable bonds is 2. The van der Waals surface area contributed by atoms with Gasteiger partial charge in [-0.1, -0.05) is 0 Å². The summed E-state index contributed by atoms with van der Waals surface area (Å²) in [7, 11) is 0. The van der Waals surface area contributed by atoms with Crippen molar-refractivity contribution in [3.63, 3.8) is 0 Å². The summed E-state index contributed by atoms with van der Waals surface area (Å²) in [5.74, 6) is 1.53. The molecule has 1 N–H and O–H groups in total. The van der Waals surface area contributed by atoms with E-state index in [1.54, 1.807) is 12.1 Å². The molecular weight excluding hydrogens is 240 g/mol. The van der Waals surface area contributed by atoms with Crippen molar-refractivity contribution in [2.75, 3.05) is 13.1 Å². The van der Waals surface area contributed by atoms with Crippen molar-refractivity contribution in [3.05, 3.63) is 34.4 Å². The van der Waals surface area contributed by atoms with E-state index < -0.39 is 0 Å². The standard InChI is InChI=1S/C14H20N4O/c1-10(2)17-6-3-11(4-7-17)14-16-15-13-9-12(19)5-8-18(13)14/h5,8-11,15H,3-4,6-7H2,1-2H3. The Hall–Kier alpha value is -1.62. The summed E-state index contributed by atoms with van der Waals surface area (Å²) in [5.41, 5.74) is 0.804. The number of hydrogen-bond acceptors (Lipinski definition) is 3. The van der Waals surface area contributed by atoms with Gasteiger partial charge in [-0.05, 0) is 39.8 Å². The van der Waals surface area contributed by atoms with Gasteiger partial charge in [0.1, 0.15) is 11.5 Å². The van der Waals surface area contributed by atoms with Crippen LogP contribution in [0, 0.1) is 0 Å². The summed E-state index contributed by atoms with van der Waals surface area (Å²) in [5, 5.41) is 7.37. The van der Waals surface area contributed by atoms with Crippen molar-refractivity contribution >= 4 is 5.65 Å². The Balaban J connectivity index is 1.84. The summed E-state index contributed by atoms with van der Waals surface area (Å²) >= 11 is 0. The van der Waals surface area contributed by atoms with Gasteiger partial charge >= 0.3 is 0 Å². The van der Waals surface area contributed by atoms with Gasteiger partial charge in [-0.3, -0.25) is 14.3 Å². The quantitative estimate of drug-likeness (QED) is 0.892. The molecule has 0 radical (unpaired) electrons. The van der Waals surface area contributed by atoms with Crippen LogP contribution in [0.5, 0.6) is 0 Å². The van der Waals surface area contributed by atoms with Crippen LogP contribution in [0.25, 0.3) is 5.65 Å². The first-order valence-corrected chi connectivity index (χ1v) is 6.96. The molecule has 0 amide bonds. The molecule has 19 heavy (non-hydrogen) atoms. The summed E-state index contributed by atoms with van der Waals surface area (Å²) in [6.45, 7) is 6.73. The normalized spacial score (nSPS) is 18.5. The third-order valence-electron chi connectivity index (χ3n) is 4.08. The highest BCUT2D eigenvalue weighted by Gasteiger charge is 2.25. The SMILES string of the molecule is CC(C)N1CCC(c2n[nH]c3cc(=O)ccn23)CC1. The molecule has 5 nitrogen and oxygen atoms in total. The summed E-state index contributed by atoms with van der Waals surface area (Å²) in [6.07, 6.45) is 4.08. The van der Waals surface area contributed by atoms with Gasteiger partial charge in [-0.25, -0.2) is 0 Å². The molecule has 1 aliphatic rings. The van der Waals surface area contributed by atoms with Crippen LogP contribution >= 0.6 is 0 Å². The molecule has 2 aromatic rings. The molecule has 0 spiro atoms. The van der Waals surface area contributed by atoms with Gasteiger partial charge in [0.15, 0.2) is 5.43 Å². The van der Waals surface area contributed by atoms with Gasteiger partial charge in [0, 0.05) is 30.3 Å². The summed E-state index contributed by atoms with van der Waals surface area (Å²) < 4.78 is 2.01. The lowest BCUT2D eigenvalue weighted by molar-refractivity contribution is 0.169. The second kappa shape index (κ2) is 4.81. The molecule has 2 aromatic heterocycles. The van der Waals surface area contributed by atoms with Crippen LogP contribution < -0.4 is 5.43 Å². The first-order valence-electron chi connectivity index (χ1n) is 6.96. The highest BCUT2D eigenvalue weighted by molar-refractivity contribution is 5.37. The van der Waals surface area contributed by atoms with E-state index >= 15 is 0 Å². The average Bonchev–Trinajstić information content (AvgIpc) is 2.81. The van der Waals surface area contributed by atoms with Crippen LogP contribution in [0.4, 0.5) is 0 Å².